The van der Waals surface area contributed by atoms with Gasteiger partial charge in [0.1, 0.15) is 5.75 Å². The standard InChI is InChI=1S/C20H18ClN3O4S2/c21-14-6-8-15(9-7-14)28-13-19(25)23-20-22-17-10-11-24(12-18(17)29-20)30(26,27)16-4-2-1-3-5-16/h1-9H,10-13H2,(H,22,23,25). The lowest BCUT2D eigenvalue weighted by atomic mass is 10.2. The number of sulfonamides is 1. The van der Waals surface area contributed by atoms with Gasteiger partial charge in [-0.15, -0.1) is 11.3 Å². The first-order valence-electron chi connectivity index (χ1n) is 9.14. The quantitative estimate of drug-likeness (QED) is 0.603. The lowest BCUT2D eigenvalue weighted by Crippen LogP contribution is -2.35. The number of nitrogens with zero attached hydrogens (tertiary/aromatic N) is 2. The molecule has 0 spiro atoms. The van der Waals surface area contributed by atoms with Gasteiger partial charge >= 0.3 is 0 Å². The first kappa shape index (κ1) is 20.8. The summed E-state index contributed by atoms with van der Waals surface area (Å²) in [7, 11) is -3.57. The van der Waals surface area contributed by atoms with E-state index in [0.717, 1.165) is 10.6 Å². The van der Waals surface area contributed by atoms with Crippen LogP contribution in [0.15, 0.2) is 59.5 Å². The number of hydrogen-bond acceptors (Lipinski definition) is 6. The van der Waals surface area contributed by atoms with Crippen LogP contribution in [-0.4, -0.2) is 36.8 Å². The zero-order valence-electron chi connectivity index (χ0n) is 15.7. The van der Waals surface area contributed by atoms with Crippen LogP contribution in [0.1, 0.15) is 10.6 Å². The number of amides is 1. The minimum atomic E-state index is -3.57. The molecule has 0 unspecified atom stereocenters. The van der Waals surface area contributed by atoms with Crippen molar-refractivity contribution in [1.82, 2.24) is 9.29 Å². The van der Waals surface area contributed by atoms with Crippen LogP contribution in [0.5, 0.6) is 5.75 Å². The average molecular weight is 464 g/mol. The Balaban J connectivity index is 1.39. The molecule has 10 heteroatoms. The third-order valence-corrected chi connectivity index (χ3v) is 7.62. The molecule has 2 aromatic carbocycles. The first-order valence-corrected chi connectivity index (χ1v) is 11.8. The highest BCUT2D eigenvalue weighted by Crippen LogP contribution is 2.31. The molecule has 1 amide bonds. The number of anilines is 1. The van der Waals surface area contributed by atoms with Crippen molar-refractivity contribution in [2.45, 2.75) is 17.9 Å². The predicted molar refractivity (Wildman–Crippen MR) is 115 cm³/mol. The maximum absolute atomic E-state index is 12.8. The molecule has 7 nitrogen and oxygen atoms in total. The largest absolute Gasteiger partial charge is 0.484 e. The van der Waals surface area contributed by atoms with E-state index in [9.17, 15) is 13.2 Å². The average Bonchev–Trinajstić information content (AvgIpc) is 3.15. The maximum atomic E-state index is 12.8. The van der Waals surface area contributed by atoms with Crippen molar-refractivity contribution in [3.8, 4) is 5.75 Å². The number of thiazole rings is 1. The van der Waals surface area contributed by atoms with Crippen LogP contribution in [0.3, 0.4) is 0 Å². The summed E-state index contributed by atoms with van der Waals surface area (Å²) >= 11 is 7.10. The summed E-state index contributed by atoms with van der Waals surface area (Å²) in [5.41, 5.74) is 0.813. The van der Waals surface area contributed by atoms with Crippen molar-refractivity contribution >= 4 is 44.0 Å². The van der Waals surface area contributed by atoms with Gasteiger partial charge in [-0.2, -0.15) is 4.31 Å². The first-order chi connectivity index (χ1) is 14.4. The fourth-order valence-electron chi connectivity index (χ4n) is 3.01. The molecular formula is C20H18ClN3O4S2. The molecule has 2 heterocycles. The molecule has 3 aromatic rings. The summed E-state index contributed by atoms with van der Waals surface area (Å²) in [6, 6.07) is 15.1. The Labute approximate surface area is 183 Å². The highest BCUT2D eigenvalue weighted by atomic mass is 35.5. The van der Waals surface area contributed by atoms with Crippen molar-refractivity contribution in [2.24, 2.45) is 0 Å². The van der Waals surface area contributed by atoms with Crippen LogP contribution in [0.25, 0.3) is 0 Å². The Hall–Kier alpha value is -2.46. The summed E-state index contributed by atoms with van der Waals surface area (Å²) in [4.78, 5) is 17.7. The van der Waals surface area contributed by atoms with Gasteiger partial charge in [0.2, 0.25) is 10.0 Å². The van der Waals surface area contributed by atoms with Gasteiger partial charge in [-0.3, -0.25) is 10.1 Å². The van der Waals surface area contributed by atoms with Crippen molar-refractivity contribution < 1.29 is 17.9 Å². The van der Waals surface area contributed by atoms with E-state index in [1.807, 2.05) is 0 Å². The van der Waals surface area contributed by atoms with E-state index >= 15 is 0 Å². The van der Waals surface area contributed by atoms with Gasteiger partial charge in [0.05, 0.1) is 17.1 Å². The number of nitrogens with one attached hydrogen (secondary N) is 1. The molecule has 0 saturated heterocycles. The second kappa shape index (κ2) is 8.73. The Morgan fingerprint density at radius 2 is 1.90 bits per heavy atom. The topological polar surface area (TPSA) is 88.6 Å². The van der Waals surface area contributed by atoms with Crippen molar-refractivity contribution in [3.63, 3.8) is 0 Å². The van der Waals surface area contributed by atoms with E-state index in [1.165, 1.54) is 15.6 Å². The number of fused-ring (bicyclic) bond motifs is 1. The monoisotopic (exact) mass is 463 g/mol. The third kappa shape index (κ3) is 4.65. The molecule has 0 fully saturated rings. The number of benzene rings is 2. The number of ether oxygens (including phenoxy) is 1. The van der Waals surface area contributed by atoms with E-state index in [1.54, 1.807) is 54.6 Å². The van der Waals surface area contributed by atoms with Gasteiger partial charge in [0, 0.05) is 22.9 Å². The molecule has 1 aliphatic heterocycles. The van der Waals surface area contributed by atoms with Gasteiger partial charge in [-0.25, -0.2) is 13.4 Å². The van der Waals surface area contributed by atoms with Gasteiger partial charge < -0.3 is 4.74 Å². The molecule has 0 bridgehead atoms. The molecule has 0 radical (unpaired) electrons. The second-order valence-electron chi connectivity index (χ2n) is 6.58. The van der Waals surface area contributed by atoms with E-state index < -0.39 is 10.0 Å². The lowest BCUT2D eigenvalue weighted by molar-refractivity contribution is -0.118. The highest BCUT2D eigenvalue weighted by molar-refractivity contribution is 7.89. The number of hydrogen-bond donors (Lipinski definition) is 1. The fraction of sp³-hybridized carbons (Fsp3) is 0.200. The number of carbonyl (C=O) groups is 1. The molecule has 0 saturated carbocycles. The van der Waals surface area contributed by atoms with Crippen LogP contribution in [0.2, 0.25) is 5.02 Å². The van der Waals surface area contributed by atoms with Crippen molar-refractivity contribution in [1.29, 1.82) is 0 Å². The minimum Gasteiger partial charge on any atom is -0.484 e. The summed E-state index contributed by atoms with van der Waals surface area (Å²) < 4.78 is 32.5. The summed E-state index contributed by atoms with van der Waals surface area (Å²) in [6.07, 6.45) is 0.495. The zero-order valence-corrected chi connectivity index (χ0v) is 18.1. The molecule has 1 N–H and O–H groups in total. The number of aromatic nitrogens is 1. The third-order valence-electron chi connectivity index (χ3n) is 4.51. The molecule has 0 atom stereocenters. The maximum Gasteiger partial charge on any atom is 0.264 e. The number of carbonyl (C=O) groups excluding carboxylic acids is 1. The Kier molecular flexibility index (Phi) is 6.05. The van der Waals surface area contributed by atoms with Crippen molar-refractivity contribution in [3.05, 3.63) is 70.2 Å². The highest BCUT2D eigenvalue weighted by Gasteiger charge is 2.30. The van der Waals surface area contributed by atoms with Gasteiger partial charge in [0.15, 0.2) is 11.7 Å². The van der Waals surface area contributed by atoms with Crippen LogP contribution in [0.4, 0.5) is 5.13 Å². The van der Waals surface area contributed by atoms with Crippen LogP contribution >= 0.6 is 22.9 Å². The molecule has 156 valence electrons. The molecule has 1 aromatic heterocycles. The summed E-state index contributed by atoms with van der Waals surface area (Å²) in [5.74, 6) is 0.194. The van der Waals surface area contributed by atoms with E-state index in [2.05, 4.69) is 10.3 Å². The smallest absolute Gasteiger partial charge is 0.264 e. The van der Waals surface area contributed by atoms with Crippen LogP contribution < -0.4 is 10.1 Å². The number of rotatable bonds is 6. The van der Waals surface area contributed by atoms with E-state index in [0.29, 0.717) is 28.9 Å². The molecule has 30 heavy (non-hydrogen) atoms. The van der Waals surface area contributed by atoms with Gasteiger partial charge in [-0.1, -0.05) is 29.8 Å². The van der Waals surface area contributed by atoms with Crippen LogP contribution in [0, 0.1) is 0 Å². The fourth-order valence-corrected chi connectivity index (χ4v) is 5.68. The van der Waals surface area contributed by atoms with Crippen LogP contribution in [-0.2, 0) is 27.8 Å². The van der Waals surface area contributed by atoms with E-state index in [4.69, 9.17) is 16.3 Å². The predicted octanol–water partition coefficient (Wildman–Crippen LogP) is 3.56. The number of halogens is 1. The van der Waals surface area contributed by atoms with Crippen molar-refractivity contribution in [2.75, 3.05) is 18.5 Å². The zero-order chi connectivity index (χ0) is 21.1. The minimum absolute atomic E-state index is 0.166. The van der Waals surface area contributed by atoms with E-state index in [-0.39, 0.29) is 24.0 Å². The molecule has 1 aliphatic rings. The Morgan fingerprint density at radius 1 is 1.17 bits per heavy atom. The summed E-state index contributed by atoms with van der Waals surface area (Å²) in [6.45, 7) is 0.419. The summed E-state index contributed by atoms with van der Waals surface area (Å²) in [5, 5.41) is 3.74. The SMILES string of the molecule is O=C(COc1ccc(Cl)cc1)Nc1nc2c(s1)CN(S(=O)(=O)c1ccccc1)CC2. The Morgan fingerprint density at radius 3 is 2.63 bits per heavy atom. The molecule has 0 aliphatic carbocycles. The lowest BCUT2D eigenvalue weighted by Gasteiger charge is -2.25. The molecule has 4 rings (SSSR count). The van der Waals surface area contributed by atoms with Gasteiger partial charge in [0.25, 0.3) is 5.91 Å². The molecular weight excluding hydrogens is 446 g/mol. The second-order valence-corrected chi connectivity index (χ2v) is 10.0. The van der Waals surface area contributed by atoms with Gasteiger partial charge in [-0.05, 0) is 36.4 Å². The normalized spacial score (nSPS) is 14.2. The Bertz CT molecular complexity index is 1150.